The molecule has 0 aliphatic heterocycles. The monoisotopic (exact) mass is 282 g/mol. The summed E-state index contributed by atoms with van der Waals surface area (Å²) >= 11 is 1.29. The molecule has 0 unspecified atom stereocenters. The molecule has 3 rings (SSSR count). The Balaban J connectivity index is 1.77. The largest absolute Gasteiger partial charge is 0.296 e. The van der Waals surface area contributed by atoms with Crippen LogP contribution in [0.4, 0.5) is 5.13 Å². The summed E-state index contributed by atoms with van der Waals surface area (Å²) in [6, 6.07) is 14.5. The van der Waals surface area contributed by atoms with Gasteiger partial charge >= 0.3 is 0 Å². The lowest BCUT2D eigenvalue weighted by Crippen LogP contribution is -2.11. The molecule has 0 spiro atoms. The van der Waals surface area contributed by atoms with Crippen molar-refractivity contribution in [3.8, 4) is 10.7 Å². The fourth-order valence-electron chi connectivity index (χ4n) is 1.63. The number of nitrogens with zero attached hydrogens (tertiary/aromatic N) is 3. The average Bonchev–Trinajstić information content (AvgIpc) is 2.97. The molecule has 0 saturated heterocycles. The number of anilines is 1. The van der Waals surface area contributed by atoms with Gasteiger partial charge < -0.3 is 0 Å². The summed E-state index contributed by atoms with van der Waals surface area (Å²) in [5.74, 6) is -0.200. The summed E-state index contributed by atoms with van der Waals surface area (Å²) in [6.45, 7) is 0. The van der Waals surface area contributed by atoms with Gasteiger partial charge in [0.25, 0.3) is 5.91 Å². The van der Waals surface area contributed by atoms with Crippen LogP contribution in [0.1, 0.15) is 10.4 Å². The van der Waals surface area contributed by atoms with Crippen molar-refractivity contribution in [3.63, 3.8) is 0 Å². The molecule has 0 radical (unpaired) electrons. The highest BCUT2D eigenvalue weighted by atomic mass is 32.1. The van der Waals surface area contributed by atoms with E-state index < -0.39 is 0 Å². The van der Waals surface area contributed by atoms with Crippen molar-refractivity contribution < 1.29 is 4.79 Å². The van der Waals surface area contributed by atoms with E-state index in [0.717, 1.165) is 5.69 Å². The van der Waals surface area contributed by atoms with Crippen LogP contribution in [0.25, 0.3) is 10.7 Å². The molecule has 0 atom stereocenters. The number of carbonyl (C=O) groups excluding carboxylic acids is 1. The number of carbonyl (C=O) groups is 1. The molecular formula is C14H10N4OS. The van der Waals surface area contributed by atoms with Crippen molar-refractivity contribution in [2.45, 2.75) is 0 Å². The maximum atomic E-state index is 12.0. The minimum atomic E-state index is -0.200. The third-order valence-electron chi connectivity index (χ3n) is 2.57. The van der Waals surface area contributed by atoms with Gasteiger partial charge in [-0.2, -0.15) is 0 Å². The first kappa shape index (κ1) is 12.4. The predicted octanol–water partition coefficient (Wildman–Crippen LogP) is 2.85. The number of benzene rings is 1. The Kier molecular flexibility index (Phi) is 3.47. The highest BCUT2D eigenvalue weighted by Crippen LogP contribution is 2.24. The molecule has 0 aliphatic rings. The van der Waals surface area contributed by atoms with E-state index in [1.54, 1.807) is 18.3 Å². The smallest absolute Gasteiger partial charge is 0.257 e. The van der Waals surface area contributed by atoms with Crippen molar-refractivity contribution in [2.24, 2.45) is 0 Å². The normalized spacial score (nSPS) is 10.2. The van der Waals surface area contributed by atoms with Crippen LogP contribution >= 0.6 is 11.3 Å². The third-order valence-corrected chi connectivity index (χ3v) is 3.43. The zero-order valence-electron chi connectivity index (χ0n) is 10.4. The standard InChI is InChI=1S/C14H10N4OS/c19-12(10-6-2-1-3-7-10)16-14-18-17-13(20-14)11-8-4-5-9-15-11/h1-9H,(H,16,18,19). The number of aromatic nitrogens is 3. The summed E-state index contributed by atoms with van der Waals surface area (Å²) < 4.78 is 0. The van der Waals surface area contributed by atoms with E-state index in [-0.39, 0.29) is 5.91 Å². The number of hydrogen-bond donors (Lipinski definition) is 1. The Labute approximate surface area is 119 Å². The molecule has 0 bridgehead atoms. The molecule has 3 aromatic rings. The zero-order valence-corrected chi connectivity index (χ0v) is 11.2. The molecule has 20 heavy (non-hydrogen) atoms. The molecule has 0 saturated carbocycles. The Morgan fingerprint density at radius 2 is 1.80 bits per heavy atom. The minimum absolute atomic E-state index is 0.200. The van der Waals surface area contributed by atoms with Crippen LogP contribution in [0.15, 0.2) is 54.7 Å². The molecule has 1 aromatic carbocycles. The van der Waals surface area contributed by atoms with Gasteiger partial charge in [0.05, 0.1) is 0 Å². The lowest BCUT2D eigenvalue weighted by atomic mass is 10.2. The first-order chi connectivity index (χ1) is 9.83. The van der Waals surface area contributed by atoms with Crippen LogP contribution in [0.3, 0.4) is 0 Å². The van der Waals surface area contributed by atoms with Crippen LogP contribution in [-0.4, -0.2) is 21.1 Å². The fraction of sp³-hybridized carbons (Fsp3) is 0. The minimum Gasteiger partial charge on any atom is -0.296 e. The molecule has 5 nitrogen and oxygen atoms in total. The highest BCUT2D eigenvalue weighted by molar-refractivity contribution is 7.18. The number of amides is 1. The Bertz CT molecular complexity index is 712. The zero-order chi connectivity index (χ0) is 13.8. The second-order valence-corrected chi connectivity index (χ2v) is 4.93. The lowest BCUT2D eigenvalue weighted by Gasteiger charge is -1.99. The van der Waals surface area contributed by atoms with E-state index in [4.69, 9.17) is 0 Å². The van der Waals surface area contributed by atoms with Crippen molar-refractivity contribution in [3.05, 3.63) is 60.3 Å². The molecule has 2 heterocycles. The summed E-state index contributed by atoms with van der Waals surface area (Å²) in [5.41, 5.74) is 1.33. The van der Waals surface area contributed by atoms with Gasteiger partial charge in [0, 0.05) is 11.8 Å². The third kappa shape index (κ3) is 2.70. The highest BCUT2D eigenvalue weighted by Gasteiger charge is 2.11. The average molecular weight is 282 g/mol. The Morgan fingerprint density at radius 3 is 2.55 bits per heavy atom. The van der Waals surface area contributed by atoms with Gasteiger partial charge in [-0.05, 0) is 24.3 Å². The summed E-state index contributed by atoms with van der Waals surface area (Å²) in [4.78, 5) is 16.2. The molecular weight excluding hydrogens is 272 g/mol. The van der Waals surface area contributed by atoms with Gasteiger partial charge in [-0.3, -0.25) is 15.1 Å². The van der Waals surface area contributed by atoms with Crippen LogP contribution in [0, 0.1) is 0 Å². The number of hydrogen-bond acceptors (Lipinski definition) is 5. The van der Waals surface area contributed by atoms with Crippen LogP contribution in [-0.2, 0) is 0 Å². The van der Waals surface area contributed by atoms with Crippen molar-refractivity contribution in [1.29, 1.82) is 0 Å². The van der Waals surface area contributed by atoms with Gasteiger partial charge in [0.15, 0.2) is 5.01 Å². The van der Waals surface area contributed by atoms with E-state index in [0.29, 0.717) is 15.7 Å². The van der Waals surface area contributed by atoms with E-state index in [2.05, 4.69) is 20.5 Å². The van der Waals surface area contributed by atoms with Crippen LogP contribution < -0.4 is 5.32 Å². The maximum absolute atomic E-state index is 12.0. The quantitative estimate of drug-likeness (QED) is 0.802. The number of pyridine rings is 1. The van der Waals surface area contributed by atoms with Gasteiger partial charge in [0.2, 0.25) is 5.13 Å². The van der Waals surface area contributed by atoms with Gasteiger partial charge in [0.1, 0.15) is 5.69 Å². The molecule has 98 valence electrons. The van der Waals surface area contributed by atoms with E-state index in [1.165, 1.54) is 11.3 Å². The second-order valence-electron chi connectivity index (χ2n) is 3.95. The van der Waals surface area contributed by atoms with Crippen LogP contribution in [0.5, 0.6) is 0 Å². The van der Waals surface area contributed by atoms with Gasteiger partial charge in [-0.1, -0.05) is 35.6 Å². The number of rotatable bonds is 3. The van der Waals surface area contributed by atoms with Crippen LogP contribution in [0.2, 0.25) is 0 Å². The molecule has 2 aromatic heterocycles. The molecule has 6 heteroatoms. The van der Waals surface area contributed by atoms with Crippen molar-refractivity contribution in [1.82, 2.24) is 15.2 Å². The Morgan fingerprint density at radius 1 is 1.00 bits per heavy atom. The fourth-order valence-corrected chi connectivity index (χ4v) is 2.34. The maximum Gasteiger partial charge on any atom is 0.257 e. The first-order valence-corrected chi connectivity index (χ1v) is 6.76. The second kappa shape index (κ2) is 5.58. The van der Waals surface area contributed by atoms with Gasteiger partial charge in [-0.15, -0.1) is 10.2 Å². The van der Waals surface area contributed by atoms with E-state index in [1.807, 2.05) is 36.4 Å². The number of nitrogens with one attached hydrogen (secondary N) is 1. The SMILES string of the molecule is O=C(Nc1nnc(-c2ccccn2)s1)c1ccccc1. The molecule has 0 fully saturated rings. The first-order valence-electron chi connectivity index (χ1n) is 5.94. The Hall–Kier alpha value is -2.60. The molecule has 0 aliphatic carbocycles. The van der Waals surface area contributed by atoms with Crippen molar-refractivity contribution >= 4 is 22.4 Å². The summed E-state index contributed by atoms with van der Waals surface area (Å²) in [6.07, 6.45) is 1.69. The summed E-state index contributed by atoms with van der Waals surface area (Å²) in [5, 5.41) is 11.8. The van der Waals surface area contributed by atoms with Gasteiger partial charge in [-0.25, -0.2) is 0 Å². The predicted molar refractivity (Wildman–Crippen MR) is 77.5 cm³/mol. The van der Waals surface area contributed by atoms with E-state index >= 15 is 0 Å². The van der Waals surface area contributed by atoms with E-state index in [9.17, 15) is 4.79 Å². The summed E-state index contributed by atoms with van der Waals surface area (Å²) in [7, 11) is 0. The topological polar surface area (TPSA) is 67.8 Å². The lowest BCUT2D eigenvalue weighted by molar-refractivity contribution is 0.102. The van der Waals surface area contributed by atoms with Crippen molar-refractivity contribution in [2.75, 3.05) is 5.32 Å². The molecule has 1 amide bonds. The molecule has 1 N–H and O–H groups in total.